The minimum Gasteiger partial charge on any atom is -0.488 e. The van der Waals surface area contributed by atoms with Crippen LogP contribution in [0.15, 0.2) is 76.6 Å². The van der Waals surface area contributed by atoms with Crippen molar-refractivity contribution in [1.82, 2.24) is 4.98 Å². The molecule has 0 unspecified atom stereocenters. The van der Waals surface area contributed by atoms with Crippen LogP contribution in [0.25, 0.3) is 10.8 Å². The normalized spacial score (nSPS) is 11.8. The predicted molar refractivity (Wildman–Crippen MR) is 121 cm³/mol. The van der Waals surface area contributed by atoms with E-state index < -0.39 is 10.9 Å². The van der Waals surface area contributed by atoms with Gasteiger partial charge < -0.3 is 15.2 Å². The molecule has 10 nitrogen and oxygen atoms in total. The number of non-ortho nitro benzene ring substituents is 1. The second-order valence-electron chi connectivity index (χ2n) is 6.54. The number of ether oxygens (including phenoxy) is 1. The van der Waals surface area contributed by atoms with Crippen LogP contribution in [-0.4, -0.2) is 33.5 Å². The monoisotopic (exact) mass is 433 g/mol. The Hall–Kier alpha value is -4.60. The highest BCUT2D eigenvalue weighted by molar-refractivity contribution is 5.95. The van der Waals surface area contributed by atoms with Gasteiger partial charge in [0.2, 0.25) is 0 Å². The summed E-state index contributed by atoms with van der Waals surface area (Å²) >= 11 is 0. The summed E-state index contributed by atoms with van der Waals surface area (Å²) in [5.74, 6) is 0.184. The molecule has 2 N–H and O–H groups in total. The largest absolute Gasteiger partial charge is 0.488 e. The number of nitrogens with one attached hydrogen (secondary N) is 1. The maximum atomic E-state index is 11.3. The molecule has 10 heteroatoms. The molecular formula is C22H19N5O5. The number of amidine groups is 1. The first-order chi connectivity index (χ1) is 15.4. The Morgan fingerprint density at radius 1 is 1.28 bits per heavy atom. The second-order valence-corrected chi connectivity index (χ2v) is 6.54. The number of aromatic nitrogens is 1. The Morgan fingerprint density at radius 2 is 2.03 bits per heavy atom. The molecule has 0 atom stereocenters. The van der Waals surface area contributed by atoms with E-state index in [4.69, 9.17) is 9.84 Å². The van der Waals surface area contributed by atoms with E-state index in [1.54, 1.807) is 55.6 Å². The SMILES string of the molecule is C=N/C(=C\N=C(C)Nc1cc(COc2ccc([N+](=O)[O-])c3ccccc23)ccn1)C(=O)O. The van der Waals surface area contributed by atoms with E-state index in [0.29, 0.717) is 28.2 Å². The molecule has 0 aliphatic heterocycles. The highest BCUT2D eigenvalue weighted by Gasteiger charge is 2.14. The molecule has 2 aromatic carbocycles. The summed E-state index contributed by atoms with van der Waals surface area (Å²) < 4.78 is 5.92. The summed E-state index contributed by atoms with van der Waals surface area (Å²) in [6.45, 7) is 5.04. The number of carbonyl (C=O) groups is 1. The topological polar surface area (TPSA) is 139 Å². The van der Waals surface area contributed by atoms with E-state index in [2.05, 4.69) is 27.0 Å². The number of pyridine rings is 1. The number of carboxylic acid groups (broad SMARTS) is 1. The summed E-state index contributed by atoms with van der Waals surface area (Å²) in [7, 11) is 0. The van der Waals surface area contributed by atoms with Gasteiger partial charge in [0, 0.05) is 17.6 Å². The van der Waals surface area contributed by atoms with Crippen molar-refractivity contribution in [1.29, 1.82) is 0 Å². The first kappa shape index (κ1) is 22.1. The van der Waals surface area contributed by atoms with Crippen LogP contribution in [0.2, 0.25) is 0 Å². The lowest BCUT2D eigenvalue weighted by Gasteiger charge is -2.11. The van der Waals surface area contributed by atoms with Crippen LogP contribution in [0.1, 0.15) is 12.5 Å². The molecule has 0 amide bonds. The smallest absolute Gasteiger partial charge is 0.356 e. The van der Waals surface area contributed by atoms with Gasteiger partial charge in [-0.05, 0) is 43.5 Å². The number of nitro groups is 1. The van der Waals surface area contributed by atoms with E-state index >= 15 is 0 Å². The summed E-state index contributed by atoms with van der Waals surface area (Å²) in [6.07, 6.45) is 2.68. The highest BCUT2D eigenvalue weighted by Crippen LogP contribution is 2.33. The van der Waals surface area contributed by atoms with Crippen LogP contribution in [0, 0.1) is 10.1 Å². The number of nitro benzene ring substituents is 1. The number of aliphatic imine (C=N–C) groups is 2. The fraction of sp³-hybridized carbons (Fsp3) is 0.0909. The van der Waals surface area contributed by atoms with Gasteiger partial charge >= 0.3 is 5.97 Å². The Balaban J connectivity index is 1.75. The number of nitrogens with zero attached hydrogens (tertiary/aromatic N) is 4. The predicted octanol–water partition coefficient (Wildman–Crippen LogP) is 4.18. The van der Waals surface area contributed by atoms with Gasteiger partial charge in [0.05, 0.1) is 16.5 Å². The molecule has 162 valence electrons. The third-order valence-electron chi connectivity index (χ3n) is 4.36. The van der Waals surface area contributed by atoms with Crippen molar-refractivity contribution in [2.24, 2.45) is 9.98 Å². The quantitative estimate of drug-likeness (QED) is 0.179. The van der Waals surface area contributed by atoms with Crippen LogP contribution in [-0.2, 0) is 11.4 Å². The van der Waals surface area contributed by atoms with Crippen LogP contribution in [0.3, 0.4) is 0 Å². The van der Waals surface area contributed by atoms with Crippen LogP contribution >= 0.6 is 0 Å². The molecule has 0 saturated heterocycles. The van der Waals surface area contributed by atoms with Crippen molar-refractivity contribution < 1.29 is 19.6 Å². The van der Waals surface area contributed by atoms with E-state index in [1.165, 1.54) is 6.07 Å². The zero-order valence-corrected chi connectivity index (χ0v) is 17.1. The Morgan fingerprint density at radius 3 is 2.72 bits per heavy atom. The van der Waals surface area contributed by atoms with Crippen molar-refractivity contribution in [2.45, 2.75) is 13.5 Å². The molecule has 1 aromatic heterocycles. The van der Waals surface area contributed by atoms with E-state index in [0.717, 1.165) is 11.8 Å². The Kier molecular flexibility index (Phi) is 6.86. The van der Waals surface area contributed by atoms with Gasteiger partial charge in [-0.15, -0.1) is 0 Å². The molecule has 0 saturated carbocycles. The highest BCUT2D eigenvalue weighted by atomic mass is 16.6. The van der Waals surface area contributed by atoms with Crippen LogP contribution in [0.5, 0.6) is 5.75 Å². The minimum absolute atomic E-state index is 0.0184. The third kappa shape index (κ3) is 5.30. The van der Waals surface area contributed by atoms with E-state index in [-0.39, 0.29) is 18.0 Å². The Labute approximate surface area is 182 Å². The summed E-state index contributed by atoms with van der Waals surface area (Å²) in [4.78, 5) is 33.3. The average molecular weight is 433 g/mol. The number of carboxylic acids is 1. The number of hydrogen-bond donors (Lipinski definition) is 2. The molecule has 32 heavy (non-hydrogen) atoms. The van der Waals surface area contributed by atoms with Gasteiger partial charge in [0.25, 0.3) is 5.69 Å². The number of benzene rings is 2. The number of anilines is 1. The lowest BCUT2D eigenvalue weighted by atomic mass is 10.1. The average Bonchev–Trinajstić information content (AvgIpc) is 2.77. The summed E-state index contributed by atoms with van der Waals surface area (Å²) in [5, 5.41) is 24.3. The van der Waals surface area contributed by atoms with Gasteiger partial charge in [-0.3, -0.25) is 15.1 Å². The summed E-state index contributed by atoms with van der Waals surface area (Å²) in [6, 6.07) is 13.5. The molecule has 1 heterocycles. The Bertz CT molecular complexity index is 1250. The zero-order chi connectivity index (χ0) is 23.1. The lowest BCUT2D eigenvalue weighted by molar-refractivity contribution is -0.383. The number of rotatable bonds is 8. The van der Waals surface area contributed by atoms with Gasteiger partial charge in [-0.2, -0.15) is 0 Å². The molecule has 0 bridgehead atoms. The fourth-order valence-electron chi connectivity index (χ4n) is 2.87. The molecule has 0 spiro atoms. The van der Waals surface area contributed by atoms with Gasteiger partial charge in [-0.1, -0.05) is 18.2 Å². The molecular weight excluding hydrogens is 414 g/mol. The maximum absolute atomic E-state index is 11.3. The number of fused-ring (bicyclic) bond motifs is 1. The van der Waals surface area contributed by atoms with Gasteiger partial charge in [0.15, 0.2) is 5.70 Å². The first-order valence-corrected chi connectivity index (χ1v) is 9.34. The van der Waals surface area contributed by atoms with Crippen molar-refractivity contribution in [3.05, 3.63) is 82.3 Å². The van der Waals surface area contributed by atoms with Crippen LogP contribution in [0.4, 0.5) is 11.5 Å². The number of hydrogen-bond acceptors (Lipinski definition) is 7. The van der Waals surface area contributed by atoms with E-state index in [1.807, 2.05) is 0 Å². The van der Waals surface area contributed by atoms with Gasteiger partial charge in [-0.25, -0.2) is 14.8 Å². The maximum Gasteiger partial charge on any atom is 0.356 e. The molecule has 0 radical (unpaired) electrons. The van der Waals surface area contributed by atoms with Crippen molar-refractivity contribution in [3.8, 4) is 5.75 Å². The van der Waals surface area contributed by atoms with Crippen molar-refractivity contribution in [2.75, 3.05) is 5.32 Å². The lowest BCUT2D eigenvalue weighted by Crippen LogP contribution is -2.09. The molecule has 0 aliphatic rings. The molecule has 3 aromatic rings. The molecule has 0 aliphatic carbocycles. The minimum atomic E-state index is -1.23. The van der Waals surface area contributed by atoms with Crippen LogP contribution < -0.4 is 10.1 Å². The number of aliphatic carboxylic acids is 1. The fourth-order valence-corrected chi connectivity index (χ4v) is 2.87. The second kappa shape index (κ2) is 9.94. The molecule has 3 rings (SSSR count). The van der Waals surface area contributed by atoms with Crippen molar-refractivity contribution in [3.63, 3.8) is 0 Å². The van der Waals surface area contributed by atoms with E-state index in [9.17, 15) is 14.9 Å². The van der Waals surface area contributed by atoms with Gasteiger partial charge in [0.1, 0.15) is 24.0 Å². The third-order valence-corrected chi connectivity index (χ3v) is 4.36. The van der Waals surface area contributed by atoms with Crippen molar-refractivity contribution >= 4 is 40.8 Å². The summed E-state index contributed by atoms with van der Waals surface area (Å²) in [5.41, 5.74) is 0.536. The standard InChI is InChI=1S/C22H19N5O5/c1-14(25-12-18(23-2)22(28)29)26-21-11-15(9-10-24-21)13-32-20-8-7-19(27(30)31)16-5-3-4-6-17(16)20/h3-12H,2,13H2,1H3,(H,28,29)(H,24,25,26)/b18-12-. The zero-order valence-electron chi connectivity index (χ0n) is 17.1. The molecule has 0 fully saturated rings. The first-order valence-electron chi connectivity index (χ1n) is 9.34.